The predicted molar refractivity (Wildman–Crippen MR) is 118 cm³/mol. The lowest BCUT2D eigenvalue weighted by Gasteiger charge is -2.46. The van der Waals surface area contributed by atoms with Gasteiger partial charge in [0.2, 0.25) is 0 Å². The Morgan fingerprint density at radius 2 is 2.00 bits per heavy atom. The number of nitrogens with two attached hydrogens (primary N) is 1. The molecule has 3 rings (SSSR count). The van der Waals surface area contributed by atoms with E-state index < -0.39 is 59.3 Å². The number of amides is 1. The molecule has 1 aliphatic carbocycles. The van der Waals surface area contributed by atoms with E-state index in [-0.39, 0.29) is 31.7 Å². The van der Waals surface area contributed by atoms with E-state index >= 15 is 0 Å². The van der Waals surface area contributed by atoms with Crippen molar-refractivity contribution in [3.8, 4) is 0 Å². The van der Waals surface area contributed by atoms with E-state index in [1.807, 2.05) is 0 Å². The van der Waals surface area contributed by atoms with Crippen LogP contribution in [0.4, 0.5) is 10.5 Å². The first-order valence-corrected chi connectivity index (χ1v) is 11.0. The van der Waals surface area contributed by atoms with Gasteiger partial charge in [0.25, 0.3) is 5.69 Å². The molecule has 0 bridgehead atoms. The quantitative estimate of drug-likeness (QED) is 0.207. The van der Waals surface area contributed by atoms with Gasteiger partial charge in [0, 0.05) is 24.2 Å². The van der Waals surface area contributed by atoms with E-state index in [1.165, 1.54) is 31.2 Å². The van der Waals surface area contributed by atoms with E-state index in [4.69, 9.17) is 19.9 Å². The van der Waals surface area contributed by atoms with Crippen LogP contribution in [0.2, 0.25) is 0 Å². The number of hydrogen-bond acceptors (Lipinski definition) is 11. The Labute approximate surface area is 196 Å². The summed E-state index contributed by atoms with van der Waals surface area (Å²) < 4.78 is 16.4. The molecule has 0 unspecified atom stereocenters. The van der Waals surface area contributed by atoms with E-state index in [0.29, 0.717) is 5.56 Å². The Kier molecular flexibility index (Phi) is 8.41. The summed E-state index contributed by atoms with van der Waals surface area (Å²) >= 11 is 0. The second-order valence-electron chi connectivity index (χ2n) is 8.94. The summed E-state index contributed by atoms with van der Waals surface area (Å²) in [5.41, 5.74) is 5.41. The van der Waals surface area contributed by atoms with Crippen molar-refractivity contribution in [3.05, 3.63) is 39.9 Å². The molecule has 1 amide bonds. The first-order valence-electron chi connectivity index (χ1n) is 11.0. The van der Waals surface area contributed by atoms with E-state index in [1.54, 1.807) is 7.05 Å². The van der Waals surface area contributed by atoms with Crippen LogP contribution in [0.3, 0.4) is 0 Å². The average Bonchev–Trinajstić information content (AvgIpc) is 2.76. The van der Waals surface area contributed by atoms with Crippen LogP contribution in [0.15, 0.2) is 24.3 Å². The monoisotopic (exact) mass is 484 g/mol. The van der Waals surface area contributed by atoms with Gasteiger partial charge in [-0.25, -0.2) is 4.79 Å². The lowest BCUT2D eigenvalue weighted by molar-refractivity contribution is -0.384. The lowest BCUT2D eigenvalue weighted by Crippen LogP contribution is -2.66. The van der Waals surface area contributed by atoms with Crippen molar-refractivity contribution in [2.45, 2.75) is 74.7 Å². The molecule has 0 spiro atoms. The molecule has 190 valence electrons. The molecule has 2 fully saturated rings. The molecule has 34 heavy (non-hydrogen) atoms. The minimum atomic E-state index is -1.30. The maximum Gasteiger partial charge on any atom is 0.407 e. The van der Waals surface area contributed by atoms with Gasteiger partial charge in [0.15, 0.2) is 6.29 Å². The lowest BCUT2D eigenvalue weighted by atomic mass is 9.86. The van der Waals surface area contributed by atoms with Crippen LogP contribution in [0.1, 0.15) is 25.3 Å². The number of carbonyl (C=O) groups is 1. The van der Waals surface area contributed by atoms with Crippen molar-refractivity contribution in [3.63, 3.8) is 0 Å². The van der Waals surface area contributed by atoms with Crippen LogP contribution in [-0.2, 0) is 20.8 Å². The average molecular weight is 485 g/mol. The molecular weight excluding hydrogens is 452 g/mol. The molecule has 1 aromatic rings. The Morgan fingerprint density at radius 1 is 1.32 bits per heavy atom. The van der Waals surface area contributed by atoms with Crippen molar-refractivity contribution in [1.82, 2.24) is 10.6 Å². The number of hydrogen-bond donors (Lipinski definition) is 6. The zero-order valence-corrected chi connectivity index (χ0v) is 19.0. The molecule has 8 atom stereocenters. The number of alkyl carbamates (subject to hydrolysis) is 1. The van der Waals surface area contributed by atoms with Gasteiger partial charge in [-0.2, -0.15) is 0 Å². The highest BCUT2D eigenvalue weighted by Crippen LogP contribution is 2.29. The van der Waals surface area contributed by atoms with Crippen molar-refractivity contribution in [2.75, 3.05) is 13.7 Å². The number of non-ortho nitro benzene ring substituents is 1. The van der Waals surface area contributed by atoms with Crippen molar-refractivity contribution < 1.29 is 39.2 Å². The number of nitro benzene ring substituents is 1. The van der Waals surface area contributed by atoms with Crippen LogP contribution in [0.25, 0.3) is 0 Å². The summed E-state index contributed by atoms with van der Waals surface area (Å²) in [7, 11) is 1.60. The molecule has 13 nitrogen and oxygen atoms in total. The van der Waals surface area contributed by atoms with Gasteiger partial charge in [-0.15, -0.1) is 0 Å². The van der Waals surface area contributed by atoms with Gasteiger partial charge in [0.05, 0.1) is 23.7 Å². The predicted octanol–water partition coefficient (Wildman–Crippen LogP) is -0.887. The largest absolute Gasteiger partial charge is 0.445 e. The van der Waals surface area contributed by atoms with Crippen molar-refractivity contribution >= 4 is 11.8 Å². The fourth-order valence-corrected chi connectivity index (χ4v) is 4.37. The number of aliphatic hydroxyl groups excluding tert-OH is 2. The second-order valence-corrected chi connectivity index (χ2v) is 8.94. The SMILES string of the molecule is CN[C@@H]1[C@@H](O)[C@@H](O[C@H]2[C@H](N)C[C@H](NC(=O)OCc3ccc([N+](=O)[O-])cc3)C[C@@H]2O)OC[C@]1(C)O. The van der Waals surface area contributed by atoms with E-state index in [0.717, 1.165) is 0 Å². The Hall–Kier alpha value is -2.39. The Balaban J connectivity index is 1.48. The van der Waals surface area contributed by atoms with Gasteiger partial charge in [-0.1, -0.05) is 0 Å². The standard InChI is InChI=1S/C21H32N4O9/c1-21(29)10-33-19(16(27)18(21)23-2)34-17-14(22)7-12(8-15(17)26)24-20(28)32-9-11-3-5-13(6-4-11)25(30)31/h3-6,12,14-19,23,26-27,29H,7-10,22H2,1-2H3,(H,24,28)/t12-,14+,15-,16+,17-,18+,19+,21-/m0/s1. The number of likely N-dealkylation sites (N-methyl/N-ethyl adjacent to an activating group) is 1. The third-order valence-corrected chi connectivity index (χ3v) is 6.16. The Morgan fingerprint density at radius 3 is 2.59 bits per heavy atom. The fraction of sp³-hybridized carbons (Fsp3) is 0.667. The molecule has 0 radical (unpaired) electrons. The maximum atomic E-state index is 12.2. The molecule has 1 heterocycles. The summed E-state index contributed by atoms with van der Waals surface area (Å²) in [6.07, 6.45) is -4.49. The van der Waals surface area contributed by atoms with Gasteiger partial charge in [0.1, 0.15) is 24.4 Å². The Bertz CT molecular complexity index is 841. The molecule has 1 saturated carbocycles. The number of ether oxygens (including phenoxy) is 3. The molecule has 2 aliphatic rings. The minimum absolute atomic E-state index is 0.0619. The number of nitrogens with one attached hydrogen (secondary N) is 2. The minimum Gasteiger partial charge on any atom is -0.445 e. The number of nitro groups is 1. The third kappa shape index (κ3) is 6.18. The van der Waals surface area contributed by atoms with Crippen LogP contribution in [-0.4, -0.2) is 88.3 Å². The van der Waals surface area contributed by atoms with E-state index in [2.05, 4.69) is 10.6 Å². The molecule has 1 aliphatic heterocycles. The summed E-state index contributed by atoms with van der Waals surface area (Å²) in [4.78, 5) is 22.3. The van der Waals surface area contributed by atoms with Crippen molar-refractivity contribution in [1.29, 1.82) is 0 Å². The van der Waals surface area contributed by atoms with Crippen LogP contribution < -0.4 is 16.4 Å². The zero-order valence-electron chi connectivity index (χ0n) is 19.0. The van der Waals surface area contributed by atoms with Crippen LogP contribution >= 0.6 is 0 Å². The zero-order chi connectivity index (χ0) is 25.0. The molecule has 0 aromatic heterocycles. The number of aliphatic hydroxyl groups is 3. The van der Waals surface area contributed by atoms with Gasteiger partial charge < -0.3 is 45.9 Å². The number of benzene rings is 1. The highest BCUT2D eigenvalue weighted by molar-refractivity contribution is 5.67. The van der Waals surface area contributed by atoms with Gasteiger partial charge in [-0.05, 0) is 44.5 Å². The summed E-state index contributed by atoms with van der Waals surface area (Å²) in [5.74, 6) is 0. The smallest absolute Gasteiger partial charge is 0.407 e. The second kappa shape index (κ2) is 10.9. The highest BCUT2D eigenvalue weighted by atomic mass is 16.7. The number of nitrogens with zero attached hydrogens (tertiary/aromatic N) is 1. The first-order chi connectivity index (χ1) is 16.0. The molecule has 13 heteroatoms. The van der Waals surface area contributed by atoms with E-state index in [9.17, 15) is 30.2 Å². The molecule has 1 aromatic carbocycles. The van der Waals surface area contributed by atoms with Crippen molar-refractivity contribution in [2.24, 2.45) is 5.73 Å². The number of carbonyl (C=O) groups excluding carboxylic acids is 1. The maximum absolute atomic E-state index is 12.2. The summed E-state index contributed by atoms with van der Waals surface area (Å²) in [6.45, 7) is 1.37. The molecule has 7 N–H and O–H groups in total. The van der Waals surface area contributed by atoms with Gasteiger partial charge >= 0.3 is 6.09 Å². The van der Waals surface area contributed by atoms with Gasteiger partial charge in [-0.3, -0.25) is 10.1 Å². The third-order valence-electron chi connectivity index (χ3n) is 6.16. The summed E-state index contributed by atoms with van der Waals surface area (Å²) in [6, 6.07) is 3.77. The topological polar surface area (TPSA) is 199 Å². The van der Waals surface area contributed by atoms with Crippen LogP contribution in [0, 0.1) is 10.1 Å². The highest BCUT2D eigenvalue weighted by Gasteiger charge is 2.48. The fourth-order valence-electron chi connectivity index (χ4n) is 4.37. The molecular formula is C21H32N4O9. The number of rotatable bonds is 7. The first kappa shape index (κ1) is 26.2. The van der Waals surface area contributed by atoms with Crippen LogP contribution in [0.5, 0.6) is 0 Å². The summed E-state index contributed by atoms with van der Waals surface area (Å²) in [5, 5.41) is 47.7. The molecule has 1 saturated heterocycles. The normalized spacial score (nSPS) is 36.0.